The van der Waals surface area contributed by atoms with Crippen LogP contribution in [-0.2, 0) is 16.1 Å². The van der Waals surface area contributed by atoms with Crippen LogP contribution in [0.15, 0.2) is 29.3 Å². The highest BCUT2D eigenvalue weighted by molar-refractivity contribution is 5.79. The van der Waals surface area contributed by atoms with Gasteiger partial charge >= 0.3 is 5.97 Å². The SMILES string of the molecule is CN=C(NCCCCCCC(=O)OC)NCc1cccc(C)c1. The number of methoxy groups -OCH3 is 1. The number of rotatable bonds is 9. The molecule has 0 aliphatic rings. The molecule has 1 rings (SSSR count). The van der Waals surface area contributed by atoms with Gasteiger partial charge in [0.1, 0.15) is 0 Å². The zero-order valence-corrected chi connectivity index (χ0v) is 14.5. The Balaban J connectivity index is 2.11. The highest BCUT2D eigenvalue weighted by Crippen LogP contribution is 2.04. The molecule has 0 saturated heterocycles. The number of nitrogens with one attached hydrogen (secondary N) is 2. The van der Waals surface area contributed by atoms with Gasteiger partial charge in [0.15, 0.2) is 5.96 Å². The van der Waals surface area contributed by atoms with E-state index in [1.54, 1.807) is 7.05 Å². The first-order valence-corrected chi connectivity index (χ1v) is 8.22. The Kier molecular flexibility index (Phi) is 9.52. The molecule has 0 fully saturated rings. The fourth-order valence-corrected chi connectivity index (χ4v) is 2.29. The van der Waals surface area contributed by atoms with E-state index in [1.165, 1.54) is 18.2 Å². The predicted octanol–water partition coefficient (Wildman–Crippen LogP) is 2.78. The van der Waals surface area contributed by atoms with Crippen LogP contribution in [0.5, 0.6) is 0 Å². The Morgan fingerprint density at radius 3 is 2.65 bits per heavy atom. The summed E-state index contributed by atoms with van der Waals surface area (Å²) in [7, 11) is 3.21. The van der Waals surface area contributed by atoms with Crippen LogP contribution in [0.3, 0.4) is 0 Å². The third kappa shape index (κ3) is 8.86. The van der Waals surface area contributed by atoms with Crippen LogP contribution in [0.25, 0.3) is 0 Å². The number of carbonyl (C=O) groups excluding carboxylic acids is 1. The van der Waals surface area contributed by atoms with Gasteiger partial charge in [0.25, 0.3) is 0 Å². The van der Waals surface area contributed by atoms with Crippen molar-refractivity contribution < 1.29 is 9.53 Å². The van der Waals surface area contributed by atoms with Gasteiger partial charge in [-0.3, -0.25) is 9.79 Å². The first-order chi connectivity index (χ1) is 11.2. The average Bonchev–Trinajstić information content (AvgIpc) is 2.56. The molecule has 1 aromatic rings. The predicted molar refractivity (Wildman–Crippen MR) is 94.5 cm³/mol. The van der Waals surface area contributed by atoms with Gasteiger partial charge in [-0.15, -0.1) is 0 Å². The summed E-state index contributed by atoms with van der Waals surface area (Å²) in [6, 6.07) is 8.43. The third-order valence-electron chi connectivity index (χ3n) is 3.59. The molecule has 0 amide bonds. The second-order valence-corrected chi connectivity index (χ2v) is 5.58. The fraction of sp³-hybridized carbons (Fsp3) is 0.556. The number of esters is 1. The fourth-order valence-electron chi connectivity index (χ4n) is 2.29. The summed E-state index contributed by atoms with van der Waals surface area (Å²) in [5.41, 5.74) is 2.51. The van der Waals surface area contributed by atoms with Gasteiger partial charge in [0.2, 0.25) is 0 Å². The van der Waals surface area contributed by atoms with E-state index in [2.05, 4.69) is 51.6 Å². The van der Waals surface area contributed by atoms with Gasteiger partial charge in [0.05, 0.1) is 7.11 Å². The van der Waals surface area contributed by atoms with Crippen molar-refractivity contribution in [1.29, 1.82) is 0 Å². The molecule has 5 heteroatoms. The topological polar surface area (TPSA) is 62.7 Å². The van der Waals surface area contributed by atoms with E-state index in [9.17, 15) is 4.79 Å². The molecule has 0 aliphatic carbocycles. The summed E-state index contributed by atoms with van der Waals surface area (Å²) >= 11 is 0. The summed E-state index contributed by atoms with van der Waals surface area (Å²) < 4.78 is 4.62. The molecule has 23 heavy (non-hydrogen) atoms. The van der Waals surface area contributed by atoms with E-state index in [1.807, 2.05) is 0 Å². The summed E-state index contributed by atoms with van der Waals surface area (Å²) in [5, 5.41) is 6.63. The Morgan fingerprint density at radius 1 is 1.17 bits per heavy atom. The van der Waals surface area contributed by atoms with Crippen molar-refractivity contribution in [3.63, 3.8) is 0 Å². The van der Waals surface area contributed by atoms with E-state index >= 15 is 0 Å². The Morgan fingerprint density at radius 2 is 1.96 bits per heavy atom. The van der Waals surface area contributed by atoms with Crippen LogP contribution in [0, 0.1) is 6.92 Å². The van der Waals surface area contributed by atoms with Crippen LogP contribution in [-0.4, -0.2) is 32.6 Å². The van der Waals surface area contributed by atoms with Gasteiger partial charge in [0, 0.05) is 26.6 Å². The Hall–Kier alpha value is -2.04. The first kappa shape index (κ1) is 19.0. The molecule has 2 N–H and O–H groups in total. The maximum absolute atomic E-state index is 11.0. The second-order valence-electron chi connectivity index (χ2n) is 5.58. The second kappa shape index (κ2) is 11.5. The normalized spacial score (nSPS) is 11.2. The molecular formula is C18H29N3O2. The minimum atomic E-state index is -0.121. The minimum absolute atomic E-state index is 0.121. The number of unbranched alkanes of at least 4 members (excludes halogenated alkanes) is 3. The summed E-state index contributed by atoms with van der Waals surface area (Å²) in [6.07, 6.45) is 4.62. The van der Waals surface area contributed by atoms with E-state index in [-0.39, 0.29) is 5.97 Å². The molecule has 0 aromatic heterocycles. The quantitative estimate of drug-likeness (QED) is 0.318. The van der Waals surface area contributed by atoms with E-state index < -0.39 is 0 Å². The molecule has 0 heterocycles. The number of guanidine groups is 1. The summed E-state index contributed by atoms with van der Waals surface area (Å²) in [5.74, 6) is 0.699. The summed E-state index contributed by atoms with van der Waals surface area (Å²) in [4.78, 5) is 15.2. The molecule has 5 nitrogen and oxygen atoms in total. The molecule has 0 radical (unpaired) electrons. The van der Waals surface area contributed by atoms with Crippen molar-refractivity contribution in [1.82, 2.24) is 10.6 Å². The molecule has 0 bridgehead atoms. The van der Waals surface area contributed by atoms with Crippen LogP contribution in [0.1, 0.15) is 43.2 Å². The third-order valence-corrected chi connectivity index (χ3v) is 3.59. The standard InChI is InChI=1S/C18H29N3O2/c1-15-9-8-10-16(13-15)14-21-18(19-2)20-12-7-5-4-6-11-17(22)23-3/h8-10,13H,4-7,11-12,14H2,1-3H3,(H2,19,20,21). The smallest absolute Gasteiger partial charge is 0.305 e. The molecule has 1 aromatic carbocycles. The van der Waals surface area contributed by atoms with Crippen molar-refractivity contribution in [2.45, 2.75) is 45.6 Å². The van der Waals surface area contributed by atoms with E-state index in [0.717, 1.165) is 44.7 Å². The number of benzene rings is 1. The lowest BCUT2D eigenvalue weighted by Crippen LogP contribution is -2.37. The zero-order valence-electron chi connectivity index (χ0n) is 14.5. The lowest BCUT2D eigenvalue weighted by atomic mass is 10.1. The molecule has 0 aliphatic heterocycles. The van der Waals surface area contributed by atoms with Gasteiger partial charge < -0.3 is 15.4 Å². The number of carbonyl (C=O) groups is 1. The van der Waals surface area contributed by atoms with Gasteiger partial charge in [-0.05, 0) is 25.3 Å². The number of nitrogens with zero attached hydrogens (tertiary/aromatic N) is 1. The highest BCUT2D eigenvalue weighted by Gasteiger charge is 2.00. The first-order valence-electron chi connectivity index (χ1n) is 8.22. The summed E-state index contributed by atoms with van der Waals surface area (Å²) in [6.45, 7) is 3.74. The molecule has 0 unspecified atom stereocenters. The number of aryl methyl sites for hydroxylation is 1. The van der Waals surface area contributed by atoms with Crippen LogP contribution >= 0.6 is 0 Å². The van der Waals surface area contributed by atoms with Crippen molar-refractivity contribution in [3.05, 3.63) is 35.4 Å². The molecular weight excluding hydrogens is 290 g/mol. The van der Waals surface area contributed by atoms with E-state index in [4.69, 9.17) is 0 Å². The number of hydrogen-bond donors (Lipinski definition) is 2. The monoisotopic (exact) mass is 319 g/mol. The van der Waals surface area contributed by atoms with Crippen LogP contribution in [0.2, 0.25) is 0 Å². The lowest BCUT2D eigenvalue weighted by Gasteiger charge is -2.12. The Bertz CT molecular complexity index is 501. The van der Waals surface area contributed by atoms with Gasteiger partial charge in [-0.2, -0.15) is 0 Å². The van der Waals surface area contributed by atoms with Crippen molar-refractivity contribution in [2.24, 2.45) is 4.99 Å². The van der Waals surface area contributed by atoms with Crippen molar-refractivity contribution in [3.8, 4) is 0 Å². The van der Waals surface area contributed by atoms with Gasteiger partial charge in [-0.25, -0.2) is 0 Å². The Labute approximate surface area is 139 Å². The van der Waals surface area contributed by atoms with Crippen LogP contribution in [0.4, 0.5) is 0 Å². The largest absolute Gasteiger partial charge is 0.469 e. The number of aliphatic imine (C=N–C) groups is 1. The van der Waals surface area contributed by atoms with Gasteiger partial charge in [-0.1, -0.05) is 42.7 Å². The van der Waals surface area contributed by atoms with Crippen molar-refractivity contribution in [2.75, 3.05) is 20.7 Å². The zero-order chi connectivity index (χ0) is 16.9. The molecule has 0 atom stereocenters. The van der Waals surface area contributed by atoms with E-state index in [0.29, 0.717) is 6.42 Å². The molecule has 0 saturated carbocycles. The number of ether oxygens (including phenoxy) is 1. The maximum atomic E-state index is 11.0. The van der Waals surface area contributed by atoms with Crippen LogP contribution < -0.4 is 10.6 Å². The minimum Gasteiger partial charge on any atom is -0.469 e. The number of hydrogen-bond acceptors (Lipinski definition) is 3. The lowest BCUT2D eigenvalue weighted by molar-refractivity contribution is -0.140. The maximum Gasteiger partial charge on any atom is 0.305 e. The highest BCUT2D eigenvalue weighted by atomic mass is 16.5. The molecule has 0 spiro atoms. The van der Waals surface area contributed by atoms with Crippen molar-refractivity contribution >= 4 is 11.9 Å². The average molecular weight is 319 g/mol. The molecule has 128 valence electrons.